The van der Waals surface area contributed by atoms with E-state index in [2.05, 4.69) is 178 Å². The molecule has 3 heteroatoms. The van der Waals surface area contributed by atoms with Crippen LogP contribution in [0.3, 0.4) is 0 Å². The molecular weight excluding hydrogens is 673 g/mol. The Morgan fingerprint density at radius 2 is 1.06 bits per heavy atom. The SMILES string of the molecule is CC1(C)c2ccc(-c3ccc(-c4cc(-c5ccc6c(c5)sc5ccccc56)nc(-c5ccccc5)n4)c4ccccc34)cc2-c2c1ccc1ccccc21. The Balaban J connectivity index is 1.09. The molecule has 0 aliphatic heterocycles. The van der Waals surface area contributed by atoms with Gasteiger partial charge < -0.3 is 0 Å². The van der Waals surface area contributed by atoms with E-state index in [4.69, 9.17) is 9.97 Å². The maximum absolute atomic E-state index is 5.26. The van der Waals surface area contributed by atoms with Crippen molar-refractivity contribution in [1.29, 1.82) is 0 Å². The van der Waals surface area contributed by atoms with Gasteiger partial charge in [0.1, 0.15) is 0 Å². The molecule has 0 unspecified atom stereocenters. The smallest absolute Gasteiger partial charge is 0.160 e. The first-order chi connectivity index (χ1) is 26.5. The number of thiophene rings is 1. The Morgan fingerprint density at radius 1 is 0.407 bits per heavy atom. The molecule has 8 aromatic carbocycles. The highest BCUT2D eigenvalue weighted by molar-refractivity contribution is 7.25. The highest BCUT2D eigenvalue weighted by Crippen LogP contribution is 2.52. The zero-order valence-electron chi connectivity index (χ0n) is 30.0. The first-order valence-corrected chi connectivity index (χ1v) is 19.4. The Morgan fingerprint density at radius 3 is 1.91 bits per heavy atom. The molecule has 0 fully saturated rings. The molecule has 0 spiro atoms. The van der Waals surface area contributed by atoms with Crippen molar-refractivity contribution in [3.63, 3.8) is 0 Å². The van der Waals surface area contributed by atoms with Crippen LogP contribution in [-0.4, -0.2) is 9.97 Å². The van der Waals surface area contributed by atoms with Gasteiger partial charge in [-0.3, -0.25) is 0 Å². The molecule has 0 saturated carbocycles. The summed E-state index contributed by atoms with van der Waals surface area (Å²) >= 11 is 1.83. The lowest BCUT2D eigenvalue weighted by molar-refractivity contribution is 0.661. The molecule has 54 heavy (non-hydrogen) atoms. The molecule has 0 saturated heterocycles. The monoisotopic (exact) mass is 706 g/mol. The highest BCUT2D eigenvalue weighted by Gasteiger charge is 2.36. The Hall–Kier alpha value is -6.42. The Labute approximate surface area is 318 Å². The molecule has 2 aromatic heterocycles. The van der Waals surface area contributed by atoms with E-state index in [0.29, 0.717) is 0 Å². The van der Waals surface area contributed by atoms with E-state index in [0.717, 1.165) is 33.9 Å². The first-order valence-electron chi connectivity index (χ1n) is 18.6. The van der Waals surface area contributed by atoms with Gasteiger partial charge in [0.25, 0.3) is 0 Å². The summed E-state index contributed by atoms with van der Waals surface area (Å²) in [6, 6.07) is 61.7. The predicted molar refractivity (Wildman–Crippen MR) is 229 cm³/mol. The second-order valence-electron chi connectivity index (χ2n) is 14.9. The minimum Gasteiger partial charge on any atom is -0.228 e. The van der Waals surface area contributed by atoms with Crippen molar-refractivity contribution in [1.82, 2.24) is 9.97 Å². The van der Waals surface area contributed by atoms with Gasteiger partial charge >= 0.3 is 0 Å². The fraction of sp³-hybridized carbons (Fsp3) is 0.0588. The summed E-state index contributed by atoms with van der Waals surface area (Å²) in [6.45, 7) is 4.72. The zero-order chi connectivity index (χ0) is 36.0. The number of benzene rings is 8. The van der Waals surface area contributed by atoms with Gasteiger partial charge in [-0.05, 0) is 79.2 Å². The van der Waals surface area contributed by atoms with Gasteiger partial charge in [-0.25, -0.2) is 9.97 Å². The number of aromatic nitrogens is 2. The van der Waals surface area contributed by atoms with Crippen LogP contribution in [0.4, 0.5) is 0 Å². The molecule has 0 amide bonds. The van der Waals surface area contributed by atoms with Crippen molar-refractivity contribution in [2.24, 2.45) is 0 Å². The second kappa shape index (κ2) is 11.8. The molecular formula is C51H34N2S. The largest absolute Gasteiger partial charge is 0.228 e. The summed E-state index contributed by atoms with van der Waals surface area (Å²) in [5.41, 5.74) is 12.9. The van der Waals surface area contributed by atoms with E-state index in [-0.39, 0.29) is 5.41 Å². The molecule has 2 nitrogen and oxygen atoms in total. The van der Waals surface area contributed by atoms with E-state index in [1.165, 1.54) is 75.1 Å². The molecule has 2 heterocycles. The molecule has 0 radical (unpaired) electrons. The number of hydrogen-bond acceptors (Lipinski definition) is 3. The first kappa shape index (κ1) is 31.1. The molecule has 0 atom stereocenters. The minimum atomic E-state index is -0.0676. The zero-order valence-corrected chi connectivity index (χ0v) is 30.8. The van der Waals surface area contributed by atoms with Crippen LogP contribution in [0.25, 0.3) is 97.9 Å². The van der Waals surface area contributed by atoms with Crippen molar-refractivity contribution in [2.75, 3.05) is 0 Å². The maximum Gasteiger partial charge on any atom is 0.160 e. The minimum absolute atomic E-state index is 0.0676. The number of hydrogen-bond donors (Lipinski definition) is 0. The topological polar surface area (TPSA) is 25.8 Å². The summed E-state index contributed by atoms with van der Waals surface area (Å²) in [4.78, 5) is 10.4. The average Bonchev–Trinajstić information content (AvgIpc) is 3.71. The van der Waals surface area contributed by atoms with Gasteiger partial charge in [0, 0.05) is 42.3 Å². The summed E-state index contributed by atoms with van der Waals surface area (Å²) < 4.78 is 2.56. The molecule has 11 rings (SSSR count). The fourth-order valence-corrected chi connectivity index (χ4v) is 9.95. The van der Waals surface area contributed by atoms with Crippen molar-refractivity contribution in [2.45, 2.75) is 19.3 Å². The predicted octanol–water partition coefficient (Wildman–Crippen LogP) is 14.1. The lowest BCUT2D eigenvalue weighted by atomic mass is 9.81. The summed E-state index contributed by atoms with van der Waals surface area (Å²) in [6.07, 6.45) is 0. The van der Waals surface area contributed by atoms with Crippen LogP contribution in [0.15, 0.2) is 170 Å². The lowest BCUT2D eigenvalue weighted by Gasteiger charge is -2.22. The average molecular weight is 707 g/mol. The third-order valence-corrected chi connectivity index (χ3v) is 12.6. The molecule has 0 bridgehead atoms. The van der Waals surface area contributed by atoms with E-state index >= 15 is 0 Å². The van der Waals surface area contributed by atoms with Crippen molar-refractivity contribution in [3.05, 3.63) is 181 Å². The highest BCUT2D eigenvalue weighted by atomic mass is 32.1. The Bertz CT molecular complexity index is 3130. The number of rotatable bonds is 4. The van der Waals surface area contributed by atoms with Crippen LogP contribution < -0.4 is 0 Å². The van der Waals surface area contributed by atoms with E-state index < -0.39 is 0 Å². The lowest BCUT2D eigenvalue weighted by Crippen LogP contribution is -2.14. The van der Waals surface area contributed by atoms with Crippen LogP contribution in [0.5, 0.6) is 0 Å². The van der Waals surface area contributed by atoms with Crippen molar-refractivity contribution >= 4 is 53.1 Å². The van der Waals surface area contributed by atoms with Gasteiger partial charge in [0.15, 0.2) is 5.82 Å². The number of nitrogens with zero attached hydrogens (tertiary/aromatic N) is 2. The van der Waals surface area contributed by atoms with E-state index in [1.54, 1.807) is 0 Å². The number of fused-ring (bicyclic) bond motifs is 9. The Kier molecular flexibility index (Phi) is 6.80. The fourth-order valence-electron chi connectivity index (χ4n) is 8.80. The van der Waals surface area contributed by atoms with E-state index in [1.807, 2.05) is 17.4 Å². The van der Waals surface area contributed by atoms with Gasteiger partial charge in [-0.15, -0.1) is 11.3 Å². The molecule has 254 valence electrons. The normalized spacial score (nSPS) is 13.1. The van der Waals surface area contributed by atoms with Crippen molar-refractivity contribution in [3.8, 4) is 56.2 Å². The van der Waals surface area contributed by atoms with Crippen LogP contribution in [0, 0.1) is 0 Å². The van der Waals surface area contributed by atoms with Gasteiger partial charge in [-0.1, -0.05) is 159 Å². The van der Waals surface area contributed by atoms with Crippen molar-refractivity contribution < 1.29 is 0 Å². The second-order valence-corrected chi connectivity index (χ2v) is 16.0. The van der Waals surface area contributed by atoms with Crippen LogP contribution in [0.1, 0.15) is 25.0 Å². The third kappa shape index (κ3) is 4.72. The van der Waals surface area contributed by atoms with Gasteiger partial charge in [0.05, 0.1) is 11.4 Å². The molecule has 1 aliphatic rings. The van der Waals surface area contributed by atoms with Crippen LogP contribution in [0.2, 0.25) is 0 Å². The summed E-state index contributed by atoms with van der Waals surface area (Å²) in [7, 11) is 0. The molecule has 0 N–H and O–H groups in total. The molecule has 10 aromatic rings. The molecule has 1 aliphatic carbocycles. The quantitative estimate of drug-likeness (QED) is 0.182. The maximum atomic E-state index is 5.26. The van der Waals surface area contributed by atoms with E-state index in [9.17, 15) is 0 Å². The standard InChI is InChI=1S/C51H34N2S/c1-51(2)43-26-22-33(28-42(43)49-36-15-7-6-12-31(36)21-27-44(49)51)35-24-25-39(38-17-9-8-16-37(35)38)46-30-45(52-50(53-46)32-13-4-3-5-14-32)34-20-23-41-40-18-10-11-19-47(40)54-48(41)29-34/h3-30H,1-2H3. The van der Waals surface area contributed by atoms with Crippen LogP contribution in [-0.2, 0) is 5.41 Å². The van der Waals surface area contributed by atoms with Gasteiger partial charge in [0.2, 0.25) is 0 Å². The van der Waals surface area contributed by atoms with Crippen LogP contribution >= 0.6 is 11.3 Å². The van der Waals surface area contributed by atoms with Gasteiger partial charge in [-0.2, -0.15) is 0 Å². The summed E-state index contributed by atoms with van der Waals surface area (Å²) in [5, 5.41) is 7.56. The summed E-state index contributed by atoms with van der Waals surface area (Å²) in [5.74, 6) is 0.722. The third-order valence-electron chi connectivity index (χ3n) is 11.5.